The fourth-order valence-electron chi connectivity index (χ4n) is 1.61. The van der Waals surface area contributed by atoms with Crippen molar-refractivity contribution in [3.8, 4) is 11.5 Å². The number of ether oxygens (including phenoxy) is 2. The van der Waals surface area contributed by atoms with E-state index in [0.29, 0.717) is 30.2 Å². The summed E-state index contributed by atoms with van der Waals surface area (Å²) in [5, 5.41) is 0. The summed E-state index contributed by atoms with van der Waals surface area (Å²) in [6.45, 7) is 1.11. The Hall–Kier alpha value is -2.01. The number of hydrogen-bond acceptors (Lipinski definition) is 4. The van der Waals surface area contributed by atoms with E-state index in [4.69, 9.17) is 9.47 Å². The van der Waals surface area contributed by atoms with Crippen molar-refractivity contribution in [2.24, 2.45) is 0 Å². The lowest BCUT2D eigenvalue weighted by atomic mass is 10.2. The second-order valence-corrected chi connectivity index (χ2v) is 3.65. The number of nitrogens with zero attached hydrogens (tertiary/aromatic N) is 2. The largest absolute Gasteiger partial charge is 0.493 e. The zero-order valence-corrected chi connectivity index (χ0v) is 11.3. The Kier molecular flexibility index (Phi) is 5.89. The van der Waals surface area contributed by atoms with Gasteiger partial charge in [-0.25, -0.2) is 4.98 Å². The summed E-state index contributed by atoms with van der Waals surface area (Å²) >= 11 is 0. The zero-order chi connectivity index (χ0) is 12.8. The minimum atomic E-state index is 0. The second kappa shape index (κ2) is 7.43. The molecule has 19 heavy (non-hydrogen) atoms. The van der Waals surface area contributed by atoms with Crippen LogP contribution >= 0.6 is 12.4 Å². The predicted octanol–water partition coefficient (Wildman–Crippen LogP) is 2.21. The molecule has 0 saturated carbocycles. The molecule has 0 spiro atoms. The van der Waals surface area contributed by atoms with Gasteiger partial charge in [-0.1, -0.05) is 6.07 Å². The van der Waals surface area contributed by atoms with Crippen LogP contribution in [0.4, 0.5) is 0 Å². The van der Waals surface area contributed by atoms with Crippen molar-refractivity contribution in [2.75, 3.05) is 13.7 Å². The van der Waals surface area contributed by atoms with Crippen LogP contribution in [-0.4, -0.2) is 29.6 Å². The molecule has 0 saturated heterocycles. The first-order valence-electron chi connectivity index (χ1n) is 5.56. The molecule has 1 aromatic heterocycles. The molecule has 6 heteroatoms. The van der Waals surface area contributed by atoms with E-state index in [0.717, 1.165) is 6.29 Å². The van der Waals surface area contributed by atoms with Crippen molar-refractivity contribution >= 4 is 18.7 Å². The normalized spacial score (nSPS) is 9.53. The predicted molar refractivity (Wildman–Crippen MR) is 73.4 cm³/mol. The molecular weight excluding hydrogens is 268 g/mol. The summed E-state index contributed by atoms with van der Waals surface area (Å²) in [5.74, 6) is 1.04. The summed E-state index contributed by atoms with van der Waals surface area (Å²) in [6.07, 6.45) is 6.04. The van der Waals surface area contributed by atoms with Gasteiger partial charge in [-0.2, -0.15) is 0 Å². The Labute approximate surface area is 117 Å². The molecular formula is C13H15ClN2O3. The van der Waals surface area contributed by atoms with Gasteiger partial charge < -0.3 is 14.0 Å². The molecule has 0 fully saturated rings. The maximum absolute atomic E-state index is 10.9. The first-order chi connectivity index (χ1) is 8.85. The number of carbonyl (C=O) groups is 1. The maximum Gasteiger partial charge on any atom is 0.171 e. The maximum atomic E-state index is 10.9. The molecule has 0 unspecified atom stereocenters. The van der Waals surface area contributed by atoms with Gasteiger partial charge in [0, 0.05) is 12.4 Å². The molecule has 0 radical (unpaired) electrons. The van der Waals surface area contributed by atoms with Gasteiger partial charge in [-0.05, 0) is 12.1 Å². The Morgan fingerprint density at radius 3 is 2.89 bits per heavy atom. The van der Waals surface area contributed by atoms with Crippen LogP contribution in [0, 0.1) is 0 Å². The van der Waals surface area contributed by atoms with Gasteiger partial charge in [-0.3, -0.25) is 4.79 Å². The number of methoxy groups -OCH3 is 1. The monoisotopic (exact) mass is 282 g/mol. The number of hydrogen-bond donors (Lipinski definition) is 0. The number of benzene rings is 1. The number of carbonyl (C=O) groups excluding carboxylic acids is 1. The third-order valence-corrected chi connectivity index (χ3v) is 2.51. The minimum Gasteiger partial charge on any atom is -0.493 e. The van der Waals surface area contributed by atoms with Crippen molar-refractivity contribution < 1.29 is 14.3 Å². The lowest BCUT2D eigenvalue weighted by molar-refractivity contribution is 0.111. The van der Waals surface area contributed by atoms with Crippen molar-refractivity contribution in [1.82, 2.24) is 9.55 Å². The molecule has 0 aliphatic carbocycles. The Morgan fingerprint density at radius 1 is 1.42 bits per heavy atom. The van der Waals surface area contributed by atoms with Gasteiger partial charge in [-0.15, -0.1) is 12.4 Å². The third-order valence-electron chi connectivity index (χ3n) is 2.51. The molecule has 102 valence electrons. The van der Waals surface area contributed by atoms with Crippen molar-refractivity contribution in [1.29, 1.82) is 0 Å². The highest BCUT2D eigenvalue weighted by atomic mass is 35.5. The lowest BCUT2D eigenvalue weighted by Crippen LogP contribution is -2.08. The van der Waals surface area contributed by atoms with Crippen LogP contribution in [0.25, 0.3) is 0 Å². The highest BCUT2D eigenvalue weighted by Crippen LogP contribution is 2.29. The Balaban J connectivity index is 0.00000180. The van der Waals surface area contributed by atoms with Gasteiger partial charge in [0.1, 0.15) is 6.61 Å². The van der Waals surface area contributed by atoms with Crippen LogP contribution < -0.4 is 9.47 Å². The van der Waals surface area contributed by atoms with Gasteiger partial charge in [0.25, 0.3) is 0 Å². The van der Waals surface area contributed by atoms with E-state index in [-0.39, 0.29) is 12.4 Å². The molecule has 2 rings (SSSR count). The number of aromatic nitrogens is 2. The van der Waals surface area contributed by atoms with Gasteiger partial charge in [0.15, 0.2) is 17.8 Å². The van der Waals surface area contributed by atoms with E-state index in [2.05, 4.69) is 4.98 Å². The van der Waals surface area contributed by atoms with E-state index in [1.807, 2.05) is 10.8 Å². The quantitative estimate of drug-likeness (QED) is 0.762. The third kappa shape index (κ3) is 3.72. The van der Waals surface area contributed by atoms with E-state index in [1.54, 1.807) is 37.8 Å². The summed E-state index contributed by atoms with van der Waals surface area (Å²) in [7, 11) is 1.55. The smallest absolute Gasteiger partial charge is 0.171 e. The highest BCUT2D eigenvalue weighted by Gasteiger charge is 2.09. The van der Waals surface area contributed by atoms with Gasteiger partial charge in [0.2, 0.25) is 0 Å². The molecule has 1 aromatic carbocycles. The SMILES string of the molecule is COc1cccc(C=O)c1OCCn1ccnc1.Cl. The van der Waals surface area contributed by atoms with Crippen molar-refractivity contribution in [3.63, 3.8) is 0 Å². The number of aldehydes is 1. The fourth-order valence-corrected chi connectivity index (χ4v) is 1.61. The summed E-state index contributed by atoms with van der Waals surface area (Å²) in [5.41, 5.74) is 0.486. The number of rotatable bonds is 6. The number of imidazole rings is 1. The Bertz CT molecular complexity index is 515. The van der Waals surface area contributed by atoms with Crippen LogP contribution in [0.15, 0.2) is 36.9 Å². The topological polar surface area (TPSA) is 53.4 Å². The van der Waals surface area contributed by atoms with Crippen LogP contribution in [0.2, 0.25) is 0 Å². The van der Waals surface area contributed by atoms with Gasteiger partial charge >= 0.3 is 0 Å². The number of halogens is 1. The average Bonchev–Trinajstić information content (AvgIpc) is 2.92. The molecule has 0 aliphatic heterocycles. The number of para-hydroxylation sites is 1. The molecule has 0 aliphatic rings. The minimum absolute atomic E-state index is 0. The molecule has 0 bridgehead atoms. The molecule has 2 aromatic rings. The lowest BCUT2D eigenvalue weighted by Gasteiger charge is -2.12. The van der Waals surface area contributed by atoms with Crippen LogP contribution in [-0.2, 0) is 6.54 Å². The summed E-state index contributed by atoms with van der Waals surface area (Å²) in [4.78, 5) is 14.9. The van der Waals surface area contributed by atoms with E-state index in [1.165, 1.54) is 0 Å². The molecule has 0 atom stereocenters. The van der Waals surface area contributed by atoms with E-state index >= 15 is 0 Å². The molecule has 5 nitrogen and oxygen atoms in total. The zero-order valence-electron chi connectivity index (χ0n) is 10.5. The van der Waals surface area contributed by atoms with Crippen LogP contribution in [0.3, 0.4) is 0 Å². The molecule has 0 amide bonds. The van der Waals surface area contributed by atoms with E-state index < -0.39 is 0 Å². The van der Waals surface area contributed by atoms with Crippen molar-refractivity contribution in [3.05, 3.63) is 42.5 Å². The van der Waals surface area contributed by atoms with Crippen LogP contribution in [0.1, 0.15) is 10.4 Å². The second-order valence-electron chi connectivity index (χ2n) is 3.65. The standard InChI is InChI=1S/C13H14N2O3.ClH/c1-17-12-4-2-3-11(9-16)13(12)18-8-7-15-6-5-14-10-15;/h2-6,9-10H,7-8H2,1H3;1H. The van der Waals surface area contributed by atoms with E-state index in [9.17, 15) is 4.79 Å². The molecule has 1 heterocycles. The molecule has 0 N–H and O–H groups in total. The summed E-state index contributed by atoms with van der Waals surface area (Å²) in [6, 6.07) is 5.22. The fraction of sp³-hybridized carbons (Fsp3) is 0.231. The average molecular weight is 283 g/mol. The Morgan fingerprint density at radius 2 is 2.26 bits per heavy atom. The first kappa shape index (κ1) is 15.0. The van der Waals surface area contributed by atoms with Gasteiger partial charge in [0.05, 0.1) is 25.5 Å². The van der Waals surface area contributed by atoms with Crippen LogP contribution in [0.5, 0.6) is 11.5 Å². The first-order valence-corrected chi connectivity index (χ1v) is 5.56. The highest BCUT2D eigenvalue weighted by molar-refractivity contribution is 5.85. The van der Waals surface area contributed by atoms with Crippen molar-refractivity contribution in [2.45, 2.75) is 6.54 Å². The summed E-state index contributed by atoms with van der Waals surface area (Å²) < 4.78 is 12.7.